The van der Waals surface area contributed by atoms with E-state index in [1.165, 1.54) is 12.1 Å². The fourth-order valence-electron chi connectivity index (χ4n) is 5.94. The Hall–Kier alpha value is -4.30. The lowest BCUT2D eigenvalue weighted by molar-refractivity contribution is -0.137. The van der Waals surface area contributed by atoms with Gasteiger partial charge in [0.2, 0.25) is 11.7 Å². The molecule has 2 aliphatic rings. The fourth-order valence-corrected chi connectivity index (χ4v) is 5.94. The molecule has 0 aliphatic carbocycles. The molecule has 4 aromatic rings. The number of anilines is 3. The standard InChI is InChI=1S/C31H36F3N7O4/c1-42-24-16-22(17-25(43-2)27(24)44-3)36-28-26-29(41(19-35-26)18-20-4-6-21(7-5-20)31(32,33)34)38-30(37-28)40-10-8-23(9-11-40)39-12-14-45-15-13-39/h4-7,16-17,19,23H,8-15,18H2,1-3H3,(H,36,37,38). The van der Waals surface area contributed by atoms with Gasteiger partial charge in [-0.1, -0.05) is 12.1 Å². The molecular formula is C31H36F3N7O4. The van der Waals surface area contributed by atoms with Gasteiger partial charge >= 0.3 is 6.18 Å². The lowest BCUT2D eigenvalue weighted by atomic mass is 10.0. The van der Waals surface area contributed by atoms with Crippen LogP contribution in [0.15, 0.2) is 42.7 Å². The lowest BCUT2D eigenvalue weighted by Gasteiger charge is -2.40. The van der Waals surface area contributed by atoms with Crippen LogP contribution in [-0.2, 0) is 17.5 Å². The predicted molar refractivity (Wildman–Crippen MR) is 163 cm³/mol. The second kappa shape index (κ2) is 13.0. The molecule has 4 heterocycles. The van der Waals surface area contributed by atoms with Gasteiger partial charge < -0.3 is 33.7 Å². The Morgan fingerprint density at radius 2 is 1.58 bits per heavy atom. The molecule has 1 N–H and O–H groups in total. The largest absolute Gasteiger partial charge is 0.493 e. The quantitative estimate of drug-likeness (QED) is 0.274. The van der Waals surface area contributed by atoms with Crippen LogP contribution < -0.4 is 24.4 Å². The molecule has 0 atom stereocenters. The first kappa shape index (κ1) is 30.7. The molecule has 0 unspecified atom stereocenters. The molecule has 6 rings (SSSR count). The summed E-state index contributed by atoms with van der Waals surface area (Å²) in [6.07, 6.45) is -0.819. The number of nitrogens with one attached hydrogen (secondary N) is 1. The summed E-state index contributed by atoms with van der Waals surface area (Å²) in [5.74, 6) is 2.44. The Morgan fingerprint density at radius 1 is 0.911 bits per heavy atom. The molecule has 0 amide bonds. The first-order chi connectivity index (χ1) is 21.8. The average molecular weight is 628 g/mol. The van der Waals surface area contributed by atoms with Crippen LogP contribution in [0.25, 0.3) is 11.2 Å². The second-order valence-corrected chi connectivity index (χ2v) is 11.0. The molecule has 2 aromatic carbocycles. The van der Waals surface area contributed by atoms with Crippen molar-refractivity contribution in [2.45, 2.75) is 31.6 Å². The predicted octanol–water partition coefficient (Wildman–Crippen LogP) is 4.96. The maximum atomic E-state index is 13.1. The summed E-state index contributed by atoms with van der Waals surface area (Å²) in [5, 5.41) is 3.37. The third-order valence-corrected chi connectivity index (χ3v) is 8.32. The smallest absolute Gasteiger partial charge is 0.416 e. The van der Waals surface area contributed by atoms with E-state index in [1.54, 1.807) is 39.8 Å². The van der Waals surface area contributed by atoms with Gasteiger partial charge in [-0.25, -0.2) is 4.98 Å². The van der Waals surface area contributed by atoms with E-state index in [0.717, 1.165) is 64.4 Å². The SMILES string of the molecule is COc1cc(Nc2nc(N3CCC(N4CCOCC4)CC3)nc3c2ncn3Cc2ccc(C(F)(F)F)cc2)cc(OC)c1OC. The summed E-state index contributed by atoms with van der Waals surface area (Å²) < 4.78 is 63.3. The molecule has 14 heteroatoms. The zero-order chi connectivity index (χ0) is 31.6. The highest BCUT2D eigenvalue weighted by Gasteiger charge is 2.30. The minimum Gasteiger partial charge on any atom is -0.493 e. The summed E-state index contributed by atoms with van der Waals surface area (Å²) >= 11 is 0. The average Bonchev–Trinajstić information content (AvgIpc) is 3.47. The van der Waals surface area contributed by atoms with Gasteiger partial charge in [-0.3, -0.25) is 4.90 Å². The number of hydrogen-bond donors (Lipinski definition) is 1. The Bertz CT molecular complexity index is 1590. The van der Waals surface area contributed by atoms with Crippen molar-refractivity contribution in [1.29, 1.82) is 0 Å². The van der Waals surface area contributed by atoms with Crippen LogP contribution in [0.2, 0.25) is 0 Å². The van der Waals surface area contributed by atoms with Crippen LogP contribution in [0.4, 0.5) is 30.6 Å². The Morgan fingerprint density at radius 3 is 2.18 bits per heavy atom. The molecule has 2 aliphatic heterocycles. The molecule has 0 spiro atoms. The highest BCUT2D eigenvalue weighted by Crippen LogP contribution is 2.41. The van der Waals surface area contributed by atoms with E-state index < -0.39 is 11.7 Å². The van der Waals surface area contributed by atoms with E-state index in [-0.39, 0.29) is 6.54 Å². The molecular weight excluding hydrogens is 591 g/mol. The number of benzene rings is 2. The van der Waals surface area contributed by atoms with Gasteiger partial charge in [-0.15, -0.1) is 0 Å². The zero-order valence-electron chi connectivity index (χ0n) is 25.4. The number of fused-ring (bicyclic) bond motifs is 1. The third kappa shape index (κ3) is 6.57. The second-order valence-electron chi connectivity index (χ2n) is 11.0. The number of imidazole rings is 1. The van der Waals surface area contributed by atoms with E-state index in [4.69, 9.17) is 28.9 Å². The molecule has 2 saturated heterocycles. The fraction of sp³-hybridized carbons (Fsp3) is 0.452. The minimum absolute atomic E-state index is 0.286. The van der Waals surface area contributed by atoms with Crippen molar-refractivity contribution in [1.82, 2.24) is 24.4 Å². The maximum Gasteiger partial charge on any atom is 0.416 e. The topological polar surface area (TPSA) is 99.0 Å². The van der Waals surface area contributed by atoms with Crippen LogP contribution in [0.3, 0.4) is 0 Å². The Labute approximate surface area is 258 Å². The number of aromatic nitrogens is 4. The van der Waals surface area contributed by atoms with E-state index in [1.807, 2.05) is 4.57 Å². The van der Waals surface area contributed by atoms with E-state index >= 15 is 0 Å². The van der Waals surface area contributed by atoms with Gasteiger partial charge in [0.15, 0.2) is 28.5 Å². The highest BCUT2D eigenvalue weighted by molar-refractivity contribution is 5.87. The van der Waals surface area contributed by atoms with Crippen LogP contribution in [0.1, 0.15) is 24.0 Å². The number of hydrogen-bond acceptors (Lipinski definition) is 10. The minimum atomic E-state index is -4.40. The van der Waals surface area contributed by atoms with Gasteiger partial charge in [-0.05, 0) is 30.5 Å². The normalized spacial score (nSPS) is 16.6. The van der Waals surface area contributed by atoms with Crippen molar-refractivity contribution >= 4 is 28.6 Å². The Kier molecular flexibility index (Phi) is 8.85. The lowest BCUT2D eigenvalue weighted by Crippen LogP contribution is -2.49. The summed E-state index contributed by atoms with van der Waals surface area (Å²) in [7, 11) is 4.64. The van der Waals surface area contributed by atoms with E-state index in [9.17, 15) is 13.2 Å². The van der Waals surface area contributed by atoms with Gasteiger partial charge in [0.1, 0.15) is 0 Å². The van der Waals surface area contributed by atoms with Crippen LogP contribution >= 0.6 is 0 Å². The third-order valence-electron chi connectivity index (χ3n) is 8.32. The van der Waals surface area contributed by atoms with Gasteiger partial charge in [0.25, 0.3) is 0 Å². The molecule has 11 nitrogen and oxygen atoms in total. The van der Waals surface area contributed by atoms with Gasteiger partial charge in [-0.2, -0.15) is 23.1 Å². The summed E-state index contributed by atoms with van der Waals surface area (Å²) in [6, 6.07) is 9.17. The monoisotopic (exact) mass is 627 g/mol. The first-order valence-corrected chi connectivity index (χ1v) is 14.8. The van der Waals surface area contributed by atoms with Crippen molar-refractivity contribution in [2.24, 2.45) is 0 Å². The summed E-state index contributed by atoms with van der Waals surface area (Å²) in [5.41, 5.74) is 1.71. The molecule has 2 aromatic heterocycles. The van der Waals surface area contributed by atoms with Gasteiger partial charge in [0.05, 0.1) is 53.0 Å². The first-order valence-electron chi connectivity index (χ1n) is 14.8. The number of methoxy groups -OCH3 is 3. The molecule has 0 bridgehead atoms. The number of nitrogens with zero attached hydrogens (tertiary/aromatic N) is 6. The molecule has 240 valence electrons. The number of halogens is 3. The van der Waals surface area contributed by atoms with E-state index in [0.29, 0.717) is 57.5 Å². The molecule has 45 heavy (non-hydrogen) atoms. The number of rotatable bonds is 9. The van der Waals surface area contributed by atoms with Crippen LogP contribution in [-0.4, -0.2) is 91.2 Å². The number of morpholine rings is 1. The van der Waals surface area contributed by atoms with Crippen molar-refractivity contribution in [3.8, 4) is 17.2 Å². The molecule has 0 radical (unpaired) electrons. The van der Waals surface area contributed by atoms with E-state index in [2.05, 4.69) is 20.1 Å². The van der Waals surface area contributed by atoms with Crippen molar-refractivity contribution in [2.75, 3.05) is 70.9 Å². The zero-order valence-corrected chi connectivity index (χ0v) is 25.4. The molecule has 2 fully saturated rings. The number of piperidine rings is 1. The number of alkyl halides is 3. The highest BCUT2D eigenvalue weighted by atomic mass is 19.4. The number of ether oxygens (including phenoxy) is 4. The molecule has 0 saturated carbocycles. The van der Waals surface area contributed by atoms with Crippen LogP contribution in [0, 0.1) is 0 Å². The van der Waals surface area contributed by atoms with Crippen molar-refractivity contribution in [3.63, 3.8) is 0 Å². The van der Waals surface area contributed by atoms with Gasteiger partial charge in [0, 0.05) is 50.0 Å². The summed E-state index contributed by atoms with van der Waals surface area (Å²) in [4.78, 5) is 19.2. The van der Waals surface area contributed by atoms with Crippen LogP contribution in [0.5, 0.6) is 17.2 Å². The van der Waals surface area contributed by atoms with Crippen molar-refractivity contribution < 1.29 is 32.1 Å². The Balaban J connectivity index is 1.34. The maximum absolute atomic E-state index is 13.1. The summed E-state index contributed by atoms with van der Waals surface area (Å²) in [6.45, 7) is 5.26. The van der Waals surface area contributed by atoms with Crippen molar-refractivity contribution in [3.05, 3.63) is 53.9 Å².